The average Bonchev–Trinajstić information content (AvgIpc) is 2.79. The number of hydrogen-bond acceptors (Lipinski definition) is 8. The maximum Gasteiger partial charge on any atom is 0.227 e. The largest absolute Gasteiger partial charge is 0.495 e. The minimum absolute atomic E-state index is 0.0372. The van der Waals surface area contributed by atoms with Crippen LogP contribution in [0.4, 0.5) is 21.8 Å². The van der Waals surface area contributed by atoms with Gasteiger partial charge in [0, 0.05) is 26.2 Å². The van der Waals surface area contributed by atoms with E-state index >= 15 is 0 Å². The first-order chi connectivity index (χ1) is 15.3. The molecule has 2 N–H and O–H groups in total. The van der Waals surface area contributed by atoms with E-state index in [1.54, 1.807) is 18.2 Å². The van der Waals surface area contributed by atoms with Crippen LogP contribution in [0.5, 0.6) is 5.75 Å². The highest BCUT2D eigenvalue weighted by Crippen LogP contribution is 2.31. The molecule has 0 saturated carbocycles. The number of halogens is 2. The third-order valence-corrected chi connectivity index (χ3v) is 7.31. The van der Waals surface area contributed by atoms with Crippen molar-refractivity contribution in [3.05, 3.63) is 59.5 Å². The number of nitrogens with zero attached hydrogens (tertiary/aromatic N) is 4. The van der Waals surface area contributed by atoms with Crippen molar-refractivity contribution >= 4 is 38.9 Å². The molecule has 1 aliphatic rings. The van der Waals surface area contributed by atoms with Crippen LogP contribution in [0.2, 0.25) is 5.02 Å². The van der Waals surface area contributed by atoms with E-state index in [0.717, 1.165) is 0 Å². The molecule has 3 aromatic rings. The summed E-state index contributed by atoms with van der Waals surface area (Å²) in [6.45, 7) is 2.20. The number of methoxy groups -OCH3 is 1. The Hall–Kier alpha value is -3.11. The van der Waals surface area contributed by atoms with Gasteiger partial charge in [-0.1, -0.05) is 23.7 Å². The molecule has 168 valence electrons. The van der Waals surface area contributed by atoms with Crippen molar-refractivity contribution in [2.45, 2.75) is 9.79 Å². The van der Waals surface area contributed by atoms with Crippen molar-refractivity contribution in [1.29, 1.82) is 0 Å². The van der Waals surface area contributed by atoms with E-state index in [4.69, 9.17) is 22.1 Å². The summed E-state index contributed by atoms with van der Waals surface area (Å²) >= 11 is 6.07. The summed E-state index contributed by atoms with van der Waals surface area (Å²) in [5.41, 5.74) is 6.56. The topological polar surface area (TPSA) is 102 Å². The molecule has 1 aromatic heterocycles. The van der Waals surface area contributed by atoms with Crippen LogP contribution in [-0.4, -0.2) is 51.7 Å². The number of anilines is 3. The highest BCUT2D eigenvalue weighted by atomic mass is 35.5. The summed E-state index contributed by atoms with van der Waals surface area (Å²) in [6.07, 6.45) is 1.20. The van der Waals surface area contributed by atoms with Crippen LogP contribution >= 0.6 is 11.6 Å². The van der Waals surface area contributed by atoms with E-state index in [0.29, 0.717) is 43.6 Å². The molecule has 0 unspecified atom stereocenters. The van der Waals surface area contributed by atoms with E-state index in [9.17, 15) is 12.8 Å². The predicted octanol–water partition coefficient (Wildman–Crippen LogP) is 3.02. The van der Waals surface area contributed by atoms with E-state index in [1.807, 2.05) is 9.80 Å². The highest BCUT2D eigenvalue weighted by molar-refractivity contribution is 7.91. The van der Waals surface area contributed by atoms with Crippen LogP contribution in [-0.2, 0) is 9.84 Å². The van der Waals surface area contributed by atoms with Crippen molar-refractivity contribution in [2.24, 2.45) is 0 Å². The van der Waals surface area contributed by atoms with Crippen molar-refractivity contribution in [3.8, 4) is 5.75 Å². The van der Waals surface area contributed by atoms with Gasteiger partial charge in [-0.15, -0.1) is 0 Å². The van der Waals surface area contributed by atoms with Crippen molar-refractivity contribution in [3.63, 3.8) is 0 Å². The normalized spacial score (nSPS) is 14.5. The van der Waals surface area contributed by atoms with Gasteiger partial charge in [-0.05, 0) is 30.3 Å². The molecule has 0 aliphatic carbocycles. The second-order valence-corrected chi connectivity index (χ2v) is 9.47. The fraction of sp³-hybridized carbons (Fsp3) is 0.238. The van der Waals surface area contributed by atoms with Gasteiger partial charge < -0.3 is 20.3 Å². The molecule has 1 saturated heterocycles. The predicted molar refractivity (Wildman–Crippen MR) is 121 cm³/mol. The van der Waals surface area contributed by atoms with Crippen LogP contribution in [0.3, 0.4) is 0 Å². The number of sulfone groups is 1. The minimum Gasteiger partial charge on any atom is -0.495 e. The zero-order valence-electron chi connectivity index (χ0n) is 17.2. The van der Waals surface area contributed by atoms with Crippen LogP contribution in [0.25, 0.3) is 0 Å². The number of benzene rings is 2. The lowest BCUT2D eigenvalue weighted by atomic mass is 10.2. The van der Waals surface area contributed by atoms with Crippen molar-refractivity contribution in [1.82, 2.24) is 9.97 Å². The summed E-state index contributed by atoms with van der Waals surface area (Å²) in [7, 11) is -2.53. The summed E-state index contributed by atoms with van der Waals surface area (Å²) < 4.78 is 45.1. The number of nitrogen functional groups attached to an aromatic ring is 1. The van der Waals surface area contributed by atoms with Gasteiger partial charge in [-0.3, -0.25) is 0 Å². The summed E-state index contributed by atoms with van der Waals surface area (Å²) in [5.74, 6) is 0.259. The van der Waals surface area contributed by atoms with Gasteiger partial charge in [-0.25, -0.2) is 17.8 Å². The minimum atomic E-state index is -3.97. The highest BCUT2D eigenvalue weighted by Gasteiger charge is 2.26. The molecular weight excluding hydrogens is 457 g/mol. The third kappa shape index (κ3) is 4.15. The zero-order valence-corrected chi connectivity index (χ0v) is 18.8. The number of aromatic nitrogens is 2. The van der Waals surface area contributed by atoms with E-state index in [1.165, 1.54) is 37.6 Å². The zero-order chi connectivity index (χ0) is 22.9. The second kappa shape index (κ2) is 8.79. The monoisotopic (exact) mass is 477 g/mol. The number of ether oxygens (including phenoxy) is 1. The number of nitrogens with two attached hydrogens (primary N) is 1. The second-order valence-electron chi connectivity index (χ2n) is 7.14. The first-order valence-electron chi connectivity index (χ1n) is 9.77. The first kappa shape index (κ1) is 22.1. The van der Waals surface area contributed by atoms with Gasteiger partial charge in [0.05, 0.1) is 28.9 Å². The number of piperazine rings is 1. The first-order valence-corrected chi connectivity index (χ1v) is 11.6. The quantitative estimate of drug-likeness (QED) is 0.598. The fourth-order valence-electron chi connectivity index (χ4n) is 3.53. The van der Waals surface area contributed by atoms with Crippen LogP contribution in [0.15, 0.2) is 58.5 Å². The molecule has 0 radical (unpaired) electrons. The average molecular weight is 478 g/mol. The Balaban J connectivity index is 1.53. The smallest absolute Gasteiger partial charge is 0.227 e. The van der Waals surface area contributed by atoms with Gasteiger partial charge in [0.15, 0.2) is 0 Å². The van der Waals surface area contributed by atoms with Crippen LogP contribution in [0, 0.1) is 5.82 Å². The molecular formula is C21H21ClFN5O3S. The van der Waals surface area contributed by atoms with Gasteiger partial charge >= 0.3 is 0 Å². The molecule has 2 heterocycles. The molecule has 32 heavy (non-hydrogen) atoms. The molecule has 11 heteroatoms. The van der Waals surface area contributed by atoms with Gasteiger partial charge in [0.25, 0.3) is 0 Å². The molecule has 0 spiro atoms. The standard InChI is InChI=1S/C21H21ClFN5O3S/c1-31-18-7-6-14(12-15(18)22)32(29,30)19-13-25-21(26-20(19)24)28-10-8-27(9-11-28)17-5-3-2-4-16(17)23/h2-7,12-13H,8-11H2,1H3,(H2,24,25,26). The molecule has 0 atom stereocenters. The van der Waals surface area contributed by atoms with Crippen LogP contribution < -0.4 is 20.3 Å². The Morgan fingerprint density at radius 2 is 1.78 bits per heavy atom. The van der Waals surface area contributed by atoms with Crippen LogP contribution in [0.1, 0.15) is 0 Å². The Labute approximate surface area is 190 Å². The molecule has 8 nitrogen and oxygen atoms in total. The van der Waals surface area contributed by atoms with E-state index in [2.05, 4.69) is 9.97 Å². The molecule has 0 bridgehead atoms. The lowest BCUT2D eigenvalue weighted by molar-refractivity contribution is 0.414. The number of para-hydroxylation sites is 1. The number of rotatable bonds is 5. The maximum atomic E-state index is 14.0. The lowest BCUT2D eigenvalue weighted by Gasteiger charge is -2.36. The molecule has 1 aliphatic heterocycles. The van der Waals surface area contributed by atoms with Gasteiger partial charge in [-0.2, -0.15) is 4.98 Å². The van der Waals surface area contributed by atoms with Crippen molar-refractivity contribution in [2.75, 3.05) is 48.8 Å². The molecule has 1 fully saturated rings. The fourth-order valence-corrected chi connectivity index (χ4v) is 5.14. The Morgan fingerprint density at radius 1 is 1.09 bits per heavy atom. The number of hydrogen-bond donors (Lipinski definition) is 1. The van der Waals surface area contributed by atoms with Crippen molar-refractivity contribution < 1.29 is 17.5 Å². The SMILES string of the molecule is COc1ccc(S(=O)(=O)c2cnc(N3CCN(c4ccccc4F)CC3)nc2N)cc1Cl. The van der Waals surface area contributed by atoms with Gasteiger partial charge in [0.1, 0.15) is 22.3 Å². The molecule has 4 rings (SSSR count). The summed E-state index contributed by atoms with van der Waals surface area (Å²) in [4.78, 5) is 12.0. The summed E-state index contributed by atoms with van der Waals surface area (Å²) in [5, 5.41) is 0.164. The maximum absolute atomic E-state index is 14.0. The Bertz CT molecular complexity index is 1250. The third-order valence-electron chi connectivity index (χ3n) is 5.25. The molecule has 0 amide bonds. The Morgan fingerprint density at radius 3 is 2.41 bits per heavy atom. The Kier molecular flexibility index (Phi) is 6.07. The lowest BCUT2D eigenvalue weighted by Crippen LogP contribution is -2.47. The van der Waals surface area contributed by atoms with E-state index < -0.39 is 9.84 Å². The van der Waals surface area contributed by atoms with Gasteiger partial charge in [0.2, 0.25) is 15.8 Å². The van der Waals surface area contributed by atoms with E-state index in [-0.39, 0.29) is 26.4 Å². The molecule has 2 aromatic carbocycles. The summed E-state index contributed by atoms with van der Waals surface area (Å²) in [6, 6.07) is 10.8.